The molecule has 1 N–H and O–H groups in total. The summed E-state index contributed by atoms with van der Waals surface area (Å²) in [5.41, 5.74) is 0.744. The molecule has 8 heteroatoms. The van der Waals surface area contributed by atoms with Gasteiger partial charge < -0.3 is 9.84 Å². The summed E-state index contributed by atoms with van der Waals surface area (Å²) in [6.45, 7) is 4.39. The smallest absolute Gasteiger partial charge is 0.238 e. The Morgan fingerprint density at radius 1 is 1.55 bits per heavy atom. The van der Waals surface area contributed by atoms with Gasteiger partial charge in [-0.15, -0.1) is 0 Å². The fraction of sp³-hybridized carbons (Fsp3) is 0.714. The van der Waals surface area contributed by atoms with Gasteiger partial charge in [-0.1, -0.05) is 18.5 Å². The first-order valence-corrected chi connectivity index (χ1v) is 9.24. The van der Waals surface area contributed by atoms with Crippen molar-refractivity contribution in [2.45, 2.75) is 52.1 Å². The number of hydrogen-bond donors (Lipinski definition) is 1. The number of rotatable bonds is 7. The first kappa shape index (κ1) is 17.0. The van der Waals surface area contributed by atoms with Crippen LogP contribution in [0.1, 0.15) is 44.1 Å². The minimum atomic E-state index is -3.36. The Hall–Kier alpha value is -1.41. The summed E-state index contributed by atoms with van der Waals surface area (Å²) in [7, 11) is -3.36. The molecule has 2 heterocycles. The van der Waals surface area contributed by atoms with E-state index in [2.05, 4.69) is 10.5 Å². The highest BCUT2D eigenvalue weighted by molar-refractivity contribution is 7.89. The van der Waals surface area contributed by atoms with Gasteiger partial charge in [-0.25, -0.2) is 8.42 Å². The standard InChI is InChI=1S/C14H23N3O4S/c1-3-4-8-22(19,20)17-7-5-6-13(17)14(18)15-10-12-9-11(2)16-21-12/h9,13H,3-8,10H2,1-2H3,(H,15,18). The van der Waals surface area contributed by atoms with E-state index in [0.717, 1.165) is 12.1 Å². The molecule has 0 saturated carbocycles. The van der Waals surface area contributed by atoms with Crippen LogP contribution in [0, 0.1) is 6.92 Å². The largest absolute Gasteiger partial charge is 0.359 e. The Bertz CT molecular complexity index is 611. The minimum Gasteiger partial charge on any atom is -0.359 e. The van der Waals surface area contributed by atoms with Crippen molar-refractivity contribution in [3.63, 3.8) is 0 Å². The number of amides is 1. The van der Waals surface area contributed by atoms with Gasteiger partial charge in [0.1, 0.15) is 6.04 Å². The highest BCUT2D eigenvalue weighted by atomic mass is 32.2. The molecule has 1 atom stereocenters. The molecular weight excluding hydrogens is 306 g/mol. The Labute approximate surface area is 131 Å². The lowest BCUT2D eigenvalue weighted by atomic mass is 10.2. The van der Waals surface area contributed by atoms with E-state index >= 15 is 0 Å². The van der Waals surface area contributed by atoms with Crippen LogP contribution >= 0.6 is 0 Å². The second-order valence-electron chi connectivity index (χ2n) is 5.59. The summed E-state index contributed by atoms with van der Waals surface area (Å²) in [6, 6.07) is 1.14. The van der Waals surface area contributed by atoms with Gasteiger partial charge in [-0.05, 0) is 26.2 Å². The molecule has 7 nitrogen and oxygen atoms in total. The van der Waals surface area contributed by atoms with Gasteiger partial charge in [-0.3, -0.25) is 4.79 Å². The maximum Gasteiger partial charge on any atom is 0.238 e. The lowest BCUT2D eigenvalue weighted by molar-refractivity contribution is -0.124. The molecular formula is C14H23N3O4S. The molecule has 0 radical (unpaired) electrons. The summed E-state index contributed by atoms with van der Waals surface area (Å²) in [6.07, 6.45) is 2.71. The molecule has 1 aliphatic rings. The average Bonchev–Trinajstić information content (AvgIpc) is 3.11. The van der Waals surface area contributed by atoms with Crippen molar-refractivity contribution in [3.8, 4) is 0 Å². The van der Waals surface area contributed by atoms with Gasteiger partial charge in [0, 0.05) is 12.6 Å². The zero-order valence-corrected chi connectivity index (χ0v) is 13.9. The number of unbranched alkanes of at least 4 members (excludes halogenated alkanes) is 1. The van der Waals surface area contributed by atoms with E-state index < -0.39 is 16.1 Å². The van der Waals surface area contributed by atoms with E-state index in [1.54, 1.807) is 13.0 Å². The first-order chi connectivity index (χ1) is 10.4. The minimum absolute atomic E-state index is 0.106. The predicted molar refractivity (Wildman–Crippen MR) is 81.5 cm³/mol. The van der Waals surface area contributed by atoms with Crippen molar-refractivity contribution in [1.82, 2.24) is 14.8 Å². The monoisotopic (exact) mass is 329 g/mol. The zero-order valence-electron chi connectivity index (χ0n) is 13.0. The Morgan fingerprint density at radius 3 is 2.95 bits per heavy atom. The number of carbonyl (C=O) groups excluding carboxylic acids is 1. The number of sulfonamides is 1. The summed E-state index contributed by atoms with van der Waals surface area (Å²) in [5, 5.41) is 6.48. The number of hydrogen-bond acceptors (Lipinski definition) is 5. The first-order valence-electron chi connectivity index (χ1n) is 7.63. The van der Waals surface area contributed by atoms with E-state index in [-0.39, 0.29) is 18.2 Å². The van der Waals surface area contributed by atoms with Crippen molar-refractivity contribution >= 4 is 15.9 Å². The van der Waals surface area contributed by atoms with Crippen molar-refractivity contribution < 1.29 is 17.7 Å². The van der Waals surface area contributed by atoms with Crippen LogP contribution in [0.2, 0.25) is 0 Å². The lowest BCUT2D eigenvalue weighted by Crippen LogP contribution is -2.46. The SMILES string of the molecule is CCCCS(=O)(=O)N1CCCC1C(=O)NCc1cc(C)no1. The molecule has 0 spiro atoms. The maximum absolute atomic E-state index is 12.3. The number of aromatic nitrogens is 1. The highest BCUT2D eigenvalue weighted by Gasteiger charge is 2.38. The van der Waals surface area contributed by atoms with Crippen LogP contribution in [0.15, 0.2) is 10.6 Å². The highest BCUT2D eigenvalue weighted by Crippen LogP contribution is 2.22. The van der Waals surface area contributed by atoms with E-state index in [9.17, 15) is 13.2 Å². The Kier molecular flexibility index (Phi) is 5.57. The van der Waals surface area contributed by atoms with Crippen LogP contribution in [-0.4, -0.2) is 42.1 Å². The second kappa shape index (κ2) is 7.23. The molecule has 0 aliphatic carbocycles. The Balaban J connectivity index is 1.96. The fourth-order valence-electron chi connectivity index (χ4n) is 2.57. The number of nitrogens with zero attached hydrogens (tertiary/aromatic N) is 2. The molecule has 0 aromatic carbocycles. The van der Waals surface area contributed by atoms with E-state index in [1.165, 1.54) is 4.31 Å². The predicted octanol–water partition coefficient (Wildman–Crippen LogP) is 1.19. The van der Waals surface area contributed by atoms with Crippen molar-refractivity contribution in [1.29, 1.82) is 0 Å². The van der Waals surface area contributed by atoms with Gasteiger partial charge in [0.25, 0.3) is 0 Å². The molecule has 124 valence electrons. The number of aryl methyl sites for hydroxylation is 1. The molecule has 1 aromatic heterocycles. The van der Waals surface area contributed by atoms with Gasteiger partial charge in [-0.2, -0.15) is 4.31 Å². The molecule has 1 aromatic rings. The third-order valence-corrected chi connectivity index (χ3v) is 5.69. The zero-order chi connectivity index (χ0) is 16.2. The molecule has 2 rings (SSSR count). The average molecular weight is 329 g/mol. The topological polar surface area (TPSA) is 92.5 Å². The van der Waals surface area contributed by atoms with Gasteiger partial charge in [0.2, 0.25) is 15.9 Å². The van der Waals surface area contributed by atoms with Gasteiger partial charge in [0.05, 0.1) is 18.0 Å². The lowest BCUT2D eigenvalue weighted by Gasteiger charge is -2.23. The normalized spacial score (nSPS) is 19.5. The third-order valence-electron chi connectivity index (χ3n) is 3.73. The second-order valence-corrected chi connectivity index (χ2v) is 7.63. The third kappa shape index (κ3) is 4.07. The summed E-state index contributed by atoms with van der Waals surface area (Å²) < 4.78 is 31.0. The van der Waals surface area contributed by atoms with Crippen LogP contribution < -0.4 is 5.32 Å². The fourth-order valence-corrected chi connectivity index (χ4v) is 4.45. The Morgan fingerprint density at radius 2 is 2.32 bits per heavy atom. The maximum atomic E-state index is 12.3. The summed E-state index contributed by atoms with van der Waals surface area (Å²) in [4.78, 5) is 12.3. The van der Waals surface area contributed by atoms with Gasteiger partial charge in [0.15, 0.2) is 5.76 Å². The summed E-state index contributed by atoms with van der Waals surface area (Å²) in [5.74, 6) is 0.394. The van der Waals surface area contributed by atoms with Crippen LogP contribution in [0.4, 0.5) is 0 Å². The van der Waals surface area contributed by atoms with E-state index in [1.807, 2.05) is 6.92 Å². The molecule has 0 bridgehead atoms. The van der Waals surface area contributed by atoms with Crippen LogP contribution in [0.3, 0.4) is 0 Å². The van der Waals surface area contributed by atoms with Crippen LogP contribution in [0.25, 0.3) is 0 Å². The van der Waals surface area contributed by atoms with Crippen molar-refractivity contribution in [3.05, 3.63) is 17.5 Å². The number of nitrogens with one attached hydrogen (secondary N) is 1. The van der Waals surface area contributed by atoms with Crippen LogP contribution in [-0.2, 0) is 21.4 Å². The van der Waals surface area contributed by atoms with Crippen molar-refractivity contribution in [2.24, 2.45) is 0 Å². The van der Waals surface area contributed by atoms with Crippen LogP contribution in [0.5, 0.6) is 0 Å². The quantitative estimate of drug-likeness (QED) is 0.811. The molecule has 1 aliphatic heterocycles. The summed E-state index contributed by atoms with van der Waals surface area (Å²) >= 11 is 0. The molecule has 22 heavy (non-hydrogen) atoms. The molecule has 1 fully saturated rings. The molecule has 1 saturated heterocycles. The molecule has 1 unspecified atom stereocenters. The van der Waals surface area contributed by atoms with E-state index in [4.69, 9.17) is 4.52 Å². The number of carbonyl (C=O) groups is 1. The van der Waals surface area contributed by atoms with Gasteiger partial charge >= 0.3 is 0 Å². The molecule has 1 amide bonds. The van der Waals surface area contributed by atoms with Crippen molar-refractivity contribution in [2.75, 3.05) is 12.3 Å². The van der Waals surface area contributed by atoms with E-state index in [0.29, 0.717) is 31.6 Å².